The highest BCUT2D eigenvalue weighted by Crippen LogP contribution is 2.41. The molecule has 0 unspecified atom stereocenters. The summed E-state index contributed by atoms with van der Waals surface area (Å²) >= 11 is 6.16. The zero-order chi connectivity index (χ0) is 29.8. The summed E-state index contributed by atoms with van der Waals surface area (Å²) in [6, 6.07) is 36.9. The second-order valence-corrected chi connectivity index (χ2v) is 11.2. The van der Waals surface area contributed by atoms with Crippen molar-refractivity contribution in [1.29, 1.82) is 5.26 Å². The molecule has 0 saturated carbocycles. The maximum atomic E-state index is 10.6. The highest BCUT2D eigenvalue weighted by Gasteiger charge is 2.29. The molecule has 0 saturated heterocycles. The molecule has 6 rings (SSSR count). The molecule has 6 heteroatoms. The first-order valence-electron chi connectivity index (χ1n) is 14.2. The van der Waals surface area contributed by atoms with Gasteiger partial charge in [0.2, 0.25) is 0 Å². The second kappa shape index (κ2) is 12.5. The number of aromatic nitrogens is 1. The summed E-state index contributed by atoms with van der Waals surface area (Å²) in [7, 11) is 1.67. The maximum Gasteiger partial charge on any atom is 0.149 e. The standard InChI is InChI=1S/C37H31ClN4O/c1-25-8-12-28(13-9-25)35-33(21-39)37(40-31-16-14-30(38)15-17-31)41-36-29(20-26-10-18-32(43-2)19-11-26)23-42(24-34(35)36)22-27-6-4-3-5-7-27/h3-20H,22-24H2,1-2H3,(H,40,41)/b29-20+. The van der Waals surface area contributed by atoms with Crippen LogP contribution in [0.4, 0.5) is 11.5 Å². The molecule has 1 aliphatic heterocycles. The summed E-state index contributed by atoms with van der Waals surface area (Å²) in [6.07, 6.45) is 2.19. The number of halogens is 1. The van der Waals surface area contributed by atoms with Crippen molar-refractivity contribution in [3.05, 3.63) is 142 Å². The number of nitriles is 1. The molecule has 5 aromatic rings. The Morgan fingerprint density at radius 2 is 1.65 bits per heavy atom. The molecule has 1 aliphatic rings. The van der Waals surface area contributed by atoms with Crippen molar-refractivity contribution in [3.63, 3.8) is 0 Å². The number of nitrogens with zero attached hydrogens (tertiary/aromatic N) is 3. The van der Waals surface area contributed by atoms with Crippen LogP contribution in [0.3, 0.4) is 0 Å². The van der Waals surface area contributed by atoms with Crippen LogP contribution >= 0.6 is 11.6 Å². The predicted molar refractivity (Wildman–Crippen MR) is 175 cm³/mol. The van der Waals surface area contributed by atoms with Crippen molar-refractivity contribution in [2.24, 2.45) is 0 Å². The molecule has 0 atom stereocenters. The molecule has 212 valence electrons. The number of hydrogen-bond acceptors (Lipinski definition) is 5. The molecule has 1 N–H and O–H groups in total. The van der Waals surface area contributed by atoms with Gasteiger partial charge in [0, 0.05) is 41.5 Å². The van der Waals surface area contributed by atoms with Crippen LogP contribution in [0.2, 0.25) is 5.02 Å². The van der Waals surface area contributed by atoms with Crippen molar-refractivity contribution in [2.45, 2.75) is 20.0 Å². The maximum absolute atomic E-state index is 10.6. The summed E-state index contributed by atoms with van der Waals surface area (Å²) in [5.41, 5.74) is 9.70. The molecule has 43 heavy (non-hydrogen) atoms. The van der Waals surface area contributed by atoms with Gasteiger partial charge >= 0.3 is 0 Å². The van der Waals surface area contributed by atoms with E-state index in [1.54, 1.807) is 7.11 Å². The Labute approximate surface area is 257 Å². The van der Waals surface area contributed by atoms with Crippen molar-refractivity contribution >= 4 is 34.8 Å². The Balaban J connectivity index is 1.56. The highest BCUT2D eigenvalue weighted by molar-refractivity contribution is 6.30. The van der Waals surface area contributed by atoms with E-state index in [0.717, 1.165) is 57.1 Å². The largest absolute Gasteiger partial charge is 0.497 e. The van der Waals surface area contributed by atoms with E-state index in [2.05, 4.69) is 89.9 Å². The molecule has 4 aromatic carbocycles. The lowest BCUT2D eigenvalue weighted by Crippen LogP contribution is -2.31. The number of fused-ring (bicyclic) bond motifs is 1. The van der Waals surface area contributed by atoms with Crippen LogP contribution in [0.25, 0.3) is 22.8 Å². The van der Waals surface area contributed by atoms with Gasteiger partial charge in [0.25, 0.3) is 0 Å². The Kier molecular flexibility index (Phi) is 8.24. The molecule has 0 radical (unpaired) electrons. The number of benzene rings is 4. The Morgan fingerprint density at radius 3 is 2.33 bits per heavy atom. The van der Waals surface area contributed by atoms with Crippen LogP contribution in [0.15, 0.2) is 103 Å². The van der Waals surface area contributed by atoms with E-state index < -0.39 is 0 Å². The van der Waals surface area contributed by atoms with E-state index in [1.165, 1.54) is 5.56 Å². The van der Waals surface area contributed by atoms with E-state index in [4.69, 9.17) is 21.3 Å². The average Bonchev–Trinajstić information content (AvgIpc) is 3.03. The minimum Gasteiger partial charge on any atom is -0.497 e. The fourth-order valence-corrected chi connectivity index (χ4v) is 5.64. The summed E-state index contributed by atoms with van der Waals surface area (Å²) in [4.78, 5) is 7.59. The number of pyridine rings is 1. The lowest BCUT2D eigenvalue weighted by Gasteiger charge is -2.33. The number of hydrogen-bond donors (Lipinski definition) is 1. The van der Waals surface area contributed by atoms with E-state index >= 15 is 0 Å². The van der Waals surface area contributed by atoms with Crippen LogP contribution in [-0.2, 0) is 13.1 Å². The van der Waals surface area contributed by atoms with Crippen molar-refractivity contribution < 1.29 is 4.74 Å². The van der Waals surface area contributed by atoms with Crippen molar-refractivity contribution in [1.82, 2.24) is 9.88 Å². The number of anilines is 2. The number of aryl methyl sites for hydroxylation is 1. The van der Waals surface area contributed by atoms with E-state index in [9.17, 15) is 5.26 Å². The predicted octanol–water partition coefficient (Wildman–Crippen LogP) is 8.89. The second-order valence-electron chi connectivity index (χ2n) is 10.7. The monoisotopic (exact) mass is 582 g/mol. The third-order valence-corrected chi connectivity index (χ3v) is 7.89. The third kappa shape index (κ3) is 6.32. The molecule has 5 nitrogen and oxygen atoms in total. The Morgan fingerprint density at radius 1 is 0.930 bits per heavy atom. The van der Waals surface area contributed by atoms with Gasteiger partial charge in [0.1, 0.15) is 23.2 Å². The minimum absolute atomic E-state index is 0.517. The topological polar surface area (TPSA) is 61.2 Å². The van der Waals surface area contributed by atoms with Gasteiger partial charge in [-0.2, -0.15) is 5.26 Å². The van der Waals surface area contributed by atoms with Crippen LogP contribution in [0, 0.1) is 18.3 Å². The fraction of sp³-hybridized carbons (Fsp3) is 0.135. The molecule has 2 heterocycles. The first-order valence-corrected chi connectivity index (χ1v) is 14.6. The van der Waals surface area contributed by atoms with Crippen LogP contribution in [0.1, 0.15) is 33.5 Å². The van der Waals surface area contributed by atoms with Gasteiger partial charge in [-0.05, 0) is 71.7 Å². The molecule has 0 fully saturated rings. The Bertz CT molecular complexity index is 1810. The zero-order valence-electron chi connectivity index (χ0n) is 24.1. The van der Waals surface area contributed by atoms with Crippen LogP contribution in [0.5, 0.6) is 5.75 Å². The molecular weight excluding hydrogens is 552 g/mol. The molecule has 0 spiro atoms. The van der Waals surface area contributed by atoms with E-state index in [-0.39, 0.29) is 0 Å². The van der Waals surface area contributed by atoms with Crippen molar-refractivity contribution in [3.8, 4) is 22.9 Å². The smallest absolute Gasteiger partial charge is 0.149 e. The lowest BCUT2D eigenvalue weighted by molar-refractivity contribution is 0.282. The van der Waals surface area contributed by atoms with Crippen LogP contribution in [-0.4, -0.2) is 23.5 Å². The number of methoxy groups -OCH3 is 1. The summed E-state index contributed by atoms with van der Waals surface area (Å²) < 4.78 is 5.39. The summed E-state index contributed by atoms with van der Waals surface area (Å²) in [5.74, 6) is 1.33. The van der Waals surface area contributed by atoms with Crippen LogP contribution < -0.4 is 10.1 Å². The first-order chi connectivity index (χ1) is 21.0. The van der Waals surface area contributed by atoms with Gasteiger partial charge in [-0.3, -0.25) is 4.90 Å². The van der Waals surface area contributed by atoms with Gasteiger partial charge in [-0.1, -0.05) is 83.9 Å². The molecular formula is C37H31ClN4O. The van der Waals surface area contributed by atoms with Gasteiger partial charge < -0.3 is 10.1 Å². The normalized spacial score (nSPS) is 13.8. The Hall–Kier alpha value is -4.89. The SMILES string of the molecule is COc1ccc(/C=C2\CN(Cc3ccccc3)Cc3c2nc(Nc2ccc(Cl)cc2)c(C#N)c3-c2ccc(C)cc2)cc1. The summed E-state index contributed by atoms with van der Waals surface area (Å²) in [6.45, 7) is 4.22. The first kappa shape index (κ1) is 28.2. The third-order valence-electron chi connectivity index (χ3n) is 7.64. The zero-order valence-corrected chi connectivity index (χ0v) is 24.9. The van der Waals surface area contributed by atoms with Crippen molar-refractivity contribution in [2.75, 3.05) is 19.0 Å². The summed E-state index contributed by atoms with van der Waals surface area (Å²) in [5, 5.41) is 14.7. The fourth-order valence-electron chi connectivity index (χ4n) is 5.51. The molecule has 0 aliphatic carbocycles. The van der Waals surface area contributed by atoms with Gasteiger partial charge in [-0.15, -0.1) is 0 Å². The highest BCUT2D eigenvalue weighted by atomic mass is 35.5. The van der Waals surface area contributed by atoms with E-state index in [0.29, 0.717) is 29.5 Å². The molecule has 1 aromatic heterocycles. The van der Waals surface area contributed by atoms with E-state index in [1.807, 2.05) is 42.5 Å². The molecule has 0 bridgehead atoms. The van der Waals surface area contributed by atoms with Gasteiger partial charge in [0.05, 0.1) is 12.8 Å². The average molecular weight is 583 g/mol. The van der Waals surface area contributed by atoms with Gasteiger partial charge in [-0.25, -0.2) is 4.98 Å². The quantitative estimate of drug-likeness (QED) is 0.208. The minimum atomic E-state index is 0.517. The number of rotatable bonds is 7. The number of ether oxygens (including phenoxy) is 1. The molecule has 0 amide bonds. The lowest BCUT2D eigenvalue weighted by atomic mass is 9.88. The van der Waals surface area contributed by atoms with Gasteiger partial charge in [0.15, 0.2) is 0 Å². The number of nitrogens with one attached hydrogen (secondary N) is 1.